The van der Waals surface area contributed by atoms with E-state index in [2.05, 4.69) is 5.32 Å². The monoisotopic (exact) mass is 233 g/mol. The van der Waals surface area contributed by atoms with Gasteiger partial charge in [-0.15, -0.1) is 0 Å². The standard InChI is InChI=1S/C10H19NO3S/c1-13-4-5-14-7-10(12)11-9-3-2-6-15-8-9/h9H,2-8H2,1H3,(H,11,12). The average Bonchev–Trinajstić information content (AvgIpc) is 2.26. The number of ether oxygens (including phenoxy) is 2. The van der Waals surface area contributed by atoms with Crippen LogP contribution in [-0.4, -0.2) is 50.4 Å². The number of nitrogens with one attached hydrogen (secondary N) is 1. The summed E-state index contributed by atoms with van der Waals surface area (Å²) >= 11 is 1.90. The molecule has 0 aliphatic carbocycles. The number of amides is 1. The minimum absolute atomic E-state index is 0.0152. The third kappa shape index (κ3) is 6.02. The van der Waals surface area contributed by atoms with E-state index in [9.17, 15) is 4.79 Å². The predicted octanol–water partition coefficient (Wildman–Crippen LogP) is 0.661. The van der Waals surface area contributed by atoms with Crippen molar-refractivity contribution in [3.05, 3.63) is 0 Å². The maximum atomic E-state index is 11.4. The van der Waals surface area contributed by atoms with Gasteiger partial charge in [-0.05, 0) is 18.6 Å². The summed E-state index contributed by atoms with van der Waals surface area (Å²) in [5, 5.41) is 2.97. The molecule has 0 aromatic carbocycles. The number of hydrogen-bond donors (Lipinski definition) is 1. The highest BCUT2D eigenvalue weighted by Gasteiger charge is 2.15. The first-order chi connectivity index (χ1) is 7.33. The van der Waals surface area contributed by atoms with E-state index >= 15 is 0 Å². The number of thioether (sulfide) groups is 1. The molecular weight excluding hydrogens is 214 g/mol. The maximum Gasteiger partial charge on any atom is 0.246 e. The van der Waals surface area contributed by atoms with E-state index in [4.69, 9.17) is 9.47 Å². The summed E-state index contributed by atoms with van der Waals surface area (Å²) in [7, 11) is 1.61. The second-order valence-electron chi connectivity index (χ2n) is 3.53. The smallest absolute Gasteiger partial charge is 0.246 e. The molecule has 5 heteroatoms. The maximum absolute atomic E-state index is 11.4. The van der Waals surface area contributed by atoms with Gasteiger partial charge in [0.15, 0.2) is 0 Å². The molecule has 0 aromatic heterocycles. The molecular formula is C10H19NO3S. The van der Waals surface area contributed by atoms with Gasteiger partial charge in [0, 0.05) is 18.9 Å². The summed E-state index contributed by atoms with van der Waals surface area (Å²) < 4.78 is 9.95. The molecule has 1 heterocycles. The lowest BCUT2D eigenvalue weighted by molar-refractivity contribution is -0.126. The lowest BCUT2D eigenvalue weighted by Crippen LogP contribution is -2.40. The van der Waals surface area contributed by atoms with Gasteiger partial charge in [-0.25, -0.2) is 0 Å². The Kier molecular flexibility index (Phi) is 6.80. The number of hydrogen-bond acceptors (Lipinski definition) is 4. The van der Waals surface area contributed by atoms with Gasteiger partial charge in [0.05, 0.1) is 13.2 Å². The van der Waals surface area contributed by atoms with Gasteiger partial charge in [-0.2, -0.15) is 11.8 Å². The van der Waals surface area contributed by atoms with Crippen LogP contribution >= 0.6 is 11.8 Å². The van der Waals surface area contributed by atoms with E-state index in [0.29, 0.717) is 19.3 Å². The Bertz CT molecular complexity index is 184. The number of carbonyl (C=O) groups excluding carboxylic acids is 1. The molecule has 1 unspecified atom stereocenters. The molecule has 1 amide bonds. The van der Waals surface area contributed by atoms with Crippen molar-refractivity contribution in [2.24, 2.45) is 0 Å². The lowest BCUT2D eigenvalue weighted by atomic mass is 10.2. The molecule has 1 N–H and O–H groups in total. The van der Waals surface area contributed by atoms with Crippen LogP contribution in [0.4, 0.5) is 0 Å². The molecule has 1 rings (SSSR count). The summed E-state index contributed by atoms with van der Waals surface area (Å²) in [4.78, 5) is 11.4. The molecule has 0 saturated carbocycles. The van der Waals surface area contributed by atoms with Crippen LogP contribution in [0.15, 0.2) is 0 Å². The molecule has 4 nitrogen and oxygen atoms in total. The fraction of sp³-hybridized carbons (Fsp3) is 0.900. The minimum Gasteiger partial charge on any atom is -0.382 e. The molecule has 1 aliphatic rings. The van der Waals surface area contributed by atoms with Crippen LogP contribution in [0, 0.1) is 0 Å². The van der Waals surface area contributed by atoms with E-state index in [-0.39, 0.29) is 12.5 Å². The zero-order valence-corrected chi connectivity index (χ0v) is 9.98. The molecule has 0 bridgehead atoms. The van der Waals surface area contributed by atoms with Crippen molar-refractivity contribution in [2.45, 2.75) is 18.9 Å². The normalized spacial score (nSPS) is 21.3. The van der Waals surface area contributed by atoms with Crippen LogP contribution in [0.1, 0.15) is 12.8 Å². The summed E-state index contributed by atoms with van der Waals surface area (Å²) in [5.74, 6) is 2.24. The highest BCUT2D eigenvalue weighted by Crippen LogP contribution is 2.16. The third-order valence-corrected chi connectivity index (χ3v) is 3.41. The van der Waals surface area contributed by atoms with Crippen molar-refractivity contribution in [3.63, 3.8) is 0 Å². The molecule has 0 spiro atoms. The van der Waals surface area contributed by atoms with Gasteiger partial charge in [0.2, 0.25) is 5.91 Å². The van der Waals surface area contributed by atoms with Crippen LogP contribution in [0.25, 0.3) is 0 Å². The molecule has 1 saturated heterocycles. The zero-order valence-electron chi connectivity index (χ0n) is 9.16. The number of carbonyl (C=O) groups is 1. The predicted molar refractivity (Wildman–Crippen MR) is 61.2 cm³/mol. The quantitative estimate of drug-likeness (QED) is 0.685. The van der Waals surface area contributed by atoms with Crippen molar-refractivity contribution in [2.75, 3.05) is 38.4 Å². The highest BCUT2D eigenvalue weighted by atomic mass is 32.2. The Morgan fingerprint density at radius 2 is 2.40 bits per heavy atom. The van der Waals surface area contributed by atoms with Crippen LogP contribution in [-0.2, 0) is 14.3 Å². The third-order valence-electron chi connectivity index (χ3n) is 2.19. The zero-order chi connectivity index (χ0) is 10.9. The van der Waals surface area contributed by atoms with Gasteiger partial charge in [0.1, 0.15) is 6.61 Å². The second kappa shape index (κ2) is 7.96. The van der Waals surface area contributed by atoms with E-state index in [0.717, 1.165) is 12.2 Å². The summed E-state index contributed by atoms with van der Waals surface area (Å²) in [6, 6.07) is 0.335. The largest absolute Gasteiger partial charge is 0.382 e. The first-order valence-electron chi connectivity index (χ1n) is 5.26. The van der Waals surface area contributed by atoms with Gasteiger partial charge in [0.25, 0.3) is 0 Å². The minimum atomic E-state index is -0.0152. The Hall–Kier alpha value is -0.260. The van der Waals surface area contributed by atoms with Gasteiger partial charge in [-0.1, -0.05) is 0 Å². The molecule has 1 fully saturated rings. The number of methoxy groups -OCH3 is 1. The van der Waals surface area contributed by atoms with E-state index in [1.807, 2.05) is 11.8 Å². The lowest BCUT2D eigenvalue weighted by Gasteiger charge is -2.22. The fourth-order valence-electron chi connectivity index (χ4n) is 1.43. The van der Waals surface area contributed by atoms with Crippen LogP contribution in [0.2, 0.25) is 0 Å². The molecule has 15 heavy (non-hydrogen) atoms. The summed E-state index contributed by atoms with van der Waals surface area (Å²) in [6.45, 7) is 1.15. The Morgan fingerprint density at radius 3 is 3.07 bits per heavy atom. The number of rotatable bonds is 6. The Balaban J connectivity index is 2.01. The van der Waals surface area contributed by atoms with E-state index < -0.39 is 0 Å². The fourth-order valence-corrected chi connectivity index (χ4v) is 2.50. The topological polar surface area (TPSA) is 47.6 Å². The molecule has 1 aliphatic heterocycles. The molecule has 1 atom stereocenters. The van der Waals surface area contributed by atoms with Crippen molar-refractivity contribution in [1.29, 1.82) is 0 Å². The van der Waals surface area contributed by atoms with Gasteiger partial charge < -0.3 is 14.8 Å². The van der Waals surface area contributed by atoms with E-state index in [1.54, 1.807) is 7.11 Å². The van der Waals surface area contributed by atoms with Crippen molar-refractivity contribution >= 4 is 17.7 Å². The van der Waals surface area contributed by atoms with Crippen molar-refractivity contribution in [1.82, 2.24) is 5.32 Å². The van der Waals surface area contributed by atoms with Crippen LogP contribution in [0.3, 0.4) is 0 Å². The van der Waals surface area contributed by atoms with Crippen LogP contribution in [0.5, 0.6) is 0 Å². The highest BCUT2D eigenvalue weighted by molar-refractivity contribution is 7.99. The Morgan fingerprint density at radius 1 is 1.53 bits per heavy atom. The first kappa shape index (κ1) is 12.8. The molecule has 0 aromatic rings. The van der Waals surface area contributed by atoms with Gasteiger partial charge in [-0.3, -0.25) is 4.79 Å². The van der Waals surface area contributed by atoms with E-state index in [1.165, 1.54) is 12.2 Å². The van der Waals surface area contributed by atoms with Crippen molar-refractivity contribution < 1.29 is 14.3 Å². The Labute approximate surface area is 95.1 Å². The summed E-state index contributed by atoms with van der Waals surface area (Å²) in [6.07, 6.45) is 2.29. The second-order valence-corrected chi connectivity index (χ2v) is 4.68. The van der Waals surface area contributed by atoms with Crippen molar-refractivity contribution in [3.8, 4) is 0 Å². The SMILES string of the molecule is COCCOCC(=O)NC1CCCSC1. The summed E-state index contributed by atoms with van der Waals surface area (Å²) in [5.41, 5.74) is 0. The average molecular weight is 233 g/mol. The first-order valence-corrected chi connectivity index (χ1v) is 6.42. The van der Waals surface area contributed by atoms with Gasteiger partial charge >= 0.3 is 0 Å². The van der Waals surface area contributed by atoms with Crippen LogP contribution < -0.4 is 5.32 Å². The molecule has 88 valence electrons. The molecule has 0 radical (unpaired) electrons.